The summed E-state index contributed by atoms with van der Waals surface area (Å²) in [4.78, 5) is 24.5. The van der Waals surface area contributed by atoms with E-state index in [0.717, 1.165) is 11.1 Å². The lowest BCUT2D eigenvalue weighted by molar-refractivity contribution is -0.146. The second kappa shape index (κ2) is 9.70. The highest BCUT2D eigenvalue weighted by Gasteiger charge is 2.27. The molecule has 0 bridgehead atoms. The van der Waals surface area contributed by atoms with E-state index in [1.54, 1.807) is 6.07 Å². The van der Waals surface area contributed by atoms with Gasteiger partial charge >= 0.3 is 11.9 Å². The summed E-state index contributed by atoms with van der Waals surface area (Å²) in [6.45, 7) is 16.3. The number of esters is 2. The molecule has 0 amide bonds. The zero-order valence-corrected chi connectivity index (χ0v) is 20.0. The molecule has 28 heavy (non-hydrogen) atoms. The lowest BCUT2D eigenvalue weighted by Crippen LogP contribution is -2.28. The van der Waals surface area contributed by atoms with E-state index in [1.165, 1.54) is 7.11 Å². The summed E-state index contributed by atoms with van der Waals surface area (Å²) in [6.07, 6.45) is 0.522. The Morgan fingerprint density at radius 2 is 1.68 bits per heavy atom. The van der Waals surface area contributed by atoms with Crippen LogP contribution in [0.25, 0.3) is 0 Å². The Morgan fingerprint density at radius 1 is 1.07 bits per heavy atom. The van der Waals surface area contributed by atoms with Crippen LogP contribution in [0.2, 0.25) is 13.1 Å². The fraction of sp³-hybridized carbons (Fsp3) is 0.636. The Bertz CT molecular complexity index is 683. The van der Waals surface area contributed by atoms with E-state index in [4.69, 9.17) is 13.9 Å². The van der Waals surface area contributed by atoms with E-state index in [2.05, 4.69) is 33.9 Å². The molecule has 0 saturated heterocycles. The number of benzene rings is 1. The molecule has 0 spiro atoms. The summed E-state index contributed by atoms with van der Waals surface area (Å²) < 4.78 is 16.4. The van der Waals surface area contributed by atoms with E-state index in [0.29, 0.717) is 18.8 Å². The second-order valence-corrected chi connectivity index (χ2v) is 11.9. The number of ether oxygens (including phenoxy) is 2. The fourth-order valence-corrected chi connectivity index (χ4v) is 3.32. The van der Waals surface area contributed by atoms with Crippen molar-refractivity contribution in [1.82, 2.24) is 0 Å². The van der Waals surface area contributed by atoms with Gasteiger partial charge in [-0.1, -0.05) is 26.8 Å². The first-order chi connectivity index (χ1) is 12.8. The zero-order chi connectivity index (χ0) is 21.7. The van der Waals surface area contributed by atoms with Crippen LogP contribution in [0.3, 0.4) is 0 Å². The lowest BCUT2D eigenvalue weighted by atomic mass is 9.81. The van der Waals surface area contributed by atoms with Crippen LogP contribution < -0.4 is 4.74 Å². The third-order valence-corrected chi connectivity index (χ3v) is 5.20. The minimum Gasteiger partial charge on any atom is -0.469 e. The molecule has 0 radical (unpaired) electrons. The van der Waals surface area contributed by atoms with Gasteiger partial charge in [0.15, 0.2) is 9.04 Å². The van der Waals surface area contributed by atoms with Crippen LogP contribution in [0, 0.1) is 11.3 Å². The van der Waals surface area contributed by atoms with Gasteiger partial charge in [-0.25, -0.2) is 0 Å². The molecule has 0 aliphatic carbocycles. The summed E-state index contributed by atoms with van der Waals surface area (Å²) in [7, 11) is 0.166. The lowest BCUT2D eigenvalue weighted by Gasteiger charge is -2.26. The van der Waals surface area contributed by atoms with Crippen LogP contribution >= 0.6 is 0 Å². The van der Waals surface area contributed by atoms with E-state index in [-0.39, 0.29) is 23.3 Å². The van der Waals surface area contributed by atoms with Gasteiger partial charge in [-0.15, -0.1) is 0 Å². The van der Waals surface area contributed by atoms with Crippen LogP contribution in [0.15, 0.2) is 18.2 Å². The average Bonchev–Trinajstić information content (AvgIpc) is 2.56. The van der Waals surface area contributed by atoms with Crippen molar-refractivity contribution < 1.29 is 23.5 Å². The molecular weight excluding hydrogens is 372 g/mol. The molecule has 0 aromatic heterocycles. The minimum absolute atomic E-state index is 0.173. The SMILES string of the molecule is COC(=O)C(CO[SiH](C)C)Cc1ccc(OC(=O)C(C)(C)C)cc1C(C)(C)C. The third-order valence-electron chi connectivity index (χ3n) is 4.34. The summed E-state index contributed by atoms with van der Waals surface area (Å²) in [5.41, 5.74) is 1.33. The van der Waals surface area contributed by atoms with Crippen molar-refractivity contribution >= 4 is 21.0 Å². The Labute approximate surface area is 171 Å². The predicted octanol–water partition coefficient (Wildman–Crippen LogP) is 4.27. The van der Waals surface area contributed by atoms with E-state index in [9.17, 15) is 9.59 Å². The largest absolute Gasteiger partial charge is 0.469 e. The quantitative estimate of drug-likeness (QED) is 0.383. The smallest absolute Gasteiger partial charge is 0.316 e. The van der Waals surface area contributed by atoms with Crippen molar-refractivity contribution in [3.8, 4) is 5.75 Å². The number of carbonyl (C=O) groups is 2. The average molecular weight is 409 g/mol. The predicted molar refractivity (Wildman–Crippen MR) is 114 cm³/mol. The highest BCUT2D eigenvalue weighted by atomic mass is 28.3. The van der Waals surface area contributed by atoms with Crippen LogP contribution in [0.5, 0.6) is 5.75 Å². The molecule has 0 aliphatic rings. The van der Waals surface area contributed by atoms with Gasteiger partial charge in [-0.2, -0.15) is 0 Å². The zero-order valence-electron chi connectivity index (χ0n) is 18.8. The summed E-state index contributed by atoms with van der Waals surface area (Å²) >= 11 is 0. The van der Waals surface area contributed by atoms with Crippen molar-refractivity contribution in [3.63, 3.8) is 0 Å². The molecule has 1 aromatic rings. The highest BCUT2D eigenvalue weighted by molar-refractivity contribution is 6.48. The number of hydrogen-bond donors (Lipinski definition) is 0. The maximum absolute atomic E-state index is 12.3. The van der Waals surface area contributed by atoms with Crippen molar-refractivity contribution in [2.45, 2.75) is 66.5 Å². The summed E-state index contributed by atoms with van der Waals surface area (Å²) in [5, 5.41) is 0. The van der Waals surface area contributed by atoms with Crippen LogP contribution in [-0.2, 0) is 30.6 Å². The van der Waals surface area contributed by atoms with Crippen molar-refractivity contribution in [1.29, 1.82) is 0 Å². The summed E-state index contributed by atoms with van der Waals surface area (Å²) in [5.74, 6) is -0.376. The molecule has 1 unspecified atom stereocenters. The normalized spacial score (nSPS) is 13.4. The van der Waals surface area contributed by atoms with Crippen molar-refractivity contribution in [2.75, 3.05) is 13.7 Å². The number of methoxy groups -OCH3 is 1. The Balaban J connectivity index is 3.19. The Kier molecular flexibility index (Phi) is 8.44. The standard InChI is InChI=1S/C22H36O5Si/c1-21(2,3)18-13-17(27-20(24)22(4,5)6)11-10-15(18)12-16(19(23)25-7)14-26-28(8)9/h10-11,13,16,28H,12,14H2,1-9H3. The first-order valence-corrected chi connectivity index (χ1v) is 12.6. The molecule has 0 heterocycles. The maximum atomic E-state index is 12.3. The van der Waals surface area contributed by atoms with Crippen molar-refractivity contribution in [3.05, 3.63) is 29.3 Å². The van der Waals surface area contributed by atoms with E-state index in [1.807, 2.05) is 32.9 Å². The van der Waals surface area contributed by atoms with Gasteiger partial charge in [-0.3, -0.25) is 9.59 Å². The van der Waals surface area contributed by atoms with Gasteiger partial charge in [-0.05, 0) is 69.0 Å². The Morgan fingerprint density at radius 3 is 2.14 bits per heavy atom. The van der Waals surface area contributed by atoms with Crippen LogP contribution in [0.4, 0.5) is 0 Å². The molecule has 158 valence electrons. The number of hydrogen-bond acceptors (Lipinski definition) is 5. The highest BCUT2D eigenvalue weighted by Crippen LogP contribution is 2.32. The molecule has 6 heteroatoms. The van der Waals surface area contributed by atoms with Gasteiger partial charge < -0.3 is 13.9 Å². The van der Waals surface area contributed by atoms with Gasteiger partial charge in [0.25, 0.3) is 0 Å². The molecule has 0 N–H and O–H groups in total. The molecule has 1 aromatic carbocycles. The number of carbonyl (C=O) groups excluding carboxylic acids is 2. The molecule has 0 fully saturated rings. The van der Waals surface area contributed by atoms with Gasteiger partial charge in [0.05, 0.1) is 18.4 Å². The maximum Gasteiger partial charge on any atom is 0.316 e. The van der Waals surface area contributed by atoms with Crippen LogP contribution in [0.1, 0.15) is 52.7 Å². The molecule has 1 atom stereocenters. The number of rotatable bonds is 7. The molecule has 1 rings (SSSR count). The van der Waals surface area contributed by atoms with Gasteiger partial charge in [0, 0.05) is 6.61 Å². The topological polar surface area (TPSA) is 61.8 Å². The van der Waals surface area contributed by atoms with Gasteiger partial charge in [0.2, 0.25) is 0 Å². The van der Waals surface area contributed by atoms with Gasteiger partial charge in [0.1, 0.15) is 5.75 Å². The monoisotopic (exact) mass is 408 g/mol. The van der Waals surface area contributed by atoms with Crippen molar-refractivity contribution in [2.24, 2.45) is 11.3 Å². The van der Waals surface area contributed by atoms with Crippen LogP contribution in [-0.4, -0.2) is 34.7 Å². The first-order valence-electron chi connectivity index (χ1n) is 9.80. The second-order valence-electron chi connectivity index (χ2n) is 9.51. The fourth-order valence-electron chi connectivity index (χ4n) is 2.71. The molecule has 0 saturated carbocycles. The third kappa shape index (κ3) is 7.39. The minimum atomic E-state index is -1.24. The van der Waals surface area contributed by atoms with E-state index < -0.39 is 14.5 Å². The molecule has 0 aliphatic heterocycles. The summed E-state index contributed by atoms with van der Waals surface area (Å²) in [6, 6.07) is 5.64. The first kappa shape index (κ1) is 24.4. The van der Waals surface area contributed by atoms with E-state index >= 15 is 0 Å². The Hall–Kier alpha value is -1.66. The molecular formula is C22H36O5Si. The molecule has 5 nitrogen and oxygen atoms in total.